The first-order valence-corrected chi connectivity index (χ1v) is 4.04. The highest BCUT2D eigenvalue weighted by Gasteiger charge is 2.35. The predicted octanol–water partition coefficient (Wildman–Crippen LogP) is 1.55. The van der Waals surface area contributed by atoms with Crippen LogP contribution in [-0.4, -0.2) is 11.9 Å². The zero-order valence-electron chi connectivity index (χ0n) is 6.80. The molecule has 0 saturated heterocycles. The third-order valence-electron chi connectivity index (χ3n) is 1.91. The lowest BCUT2D eigenvalue weighted by Gasteiger charge is -1.91. The quantitative estimate of drug-likeness (QED) is 0.469. The van der Waals surface area contributed by atoms with Gasteiger partial charge in [0.25, 0.3) is 0 Å². The van der Waals surface area contributed by atoms with Crippen LogP contribution in [0.4, 0.5) is 0 Å². The first kappa shape index (κ1) is 7.58. The van der Waals surface area contributed by atoms with Crippen molar-refractivity contribution in [1.82, 2.24) is 0 Å². The Hall–Kier alpha value is -0.530. The number of hydrogen-bond donors (Lipinski definition) is 1. The van der Waals surface area contributed by atoms with Crippen LogP contribution in [0.25, 0.3) is 0 Å². The smallest absolute Gasteiger partial charge is 0.0909 e. The summed E-state index contributed by atoms with van der Waals surface area (Å²) >= 11 is 0. The molecule has 0 amide bonds. The van der Waals surface area contributed by atoms with E-state index in [1.54, 1.807) is 0 Å². The number of aliphatic imine (C=N–C) groups is 1. The van der Waals surface area contributed by atoms with Crippen molar-refractivity contribution in [2.45, 2.75) is 39.2 Å². The van der Waals surface area contributed by atoms with E-state index in [-0.39, 0.29) is 0 Å². The fraction of sp³-hybridized carbons (Fsp3) is 0.875. The van der Waals surface area contributed by atoms with Crippen LogP contribution < -0.4 is 5.73 Å². The van der Waals surface area contributed by atoms with Crippen LogP contribution in [0.5, 0.6) is 0 Å². The maximum atomic E-state index is 5.44. The van der Waals surface area contributed by atoms with E-state index >= 15 is 0 Å². The molecule has 2 heteroatoms. The van der Waals surface area contributed by atoms with Gasteiger partial charge in [-0.2, -0.15) is 0 Å². The number of nitrogens with zero attached hydrogens (tertiary/aromatic N) is 1. The van der Waals surface area contributed by atoms with Crippen molar-refractivity contribution in [3.05, 3.63) is 0 Å². The lowest BCUT2D eigenvalue weighted by molar-refractivity contribution is 0.683. The van der Waals surface area contributed by atoms with E-state index in [9.17, 15) is 0 Å². The summed E-state index contributed by atoms with van der Waals surface area (Å²) in [6.45, 7) is 4.08. The average Bonchev–Trinajstić information content (AvgIpc) is 2.47. The van der Waals surface area contributed by atoms with E-state index in [4.69, 9.17) is 5.73 Å². The second kappa shape index (κ2) is 3.04. The third kappa shape index (κ3) is 2.01. The standard InChI is InChI=1S/C8H16N2/c1-3-4-7-5-8(7)10-6(2)9/h7-8H,3-5H2,1-2H3,(H2,9,10). The summed E-state index contributed by atoms with van der Waals surface area (Å²) in [5.41, 5.74) is 5.44. The molecule has 0 spiro atoms. The topological polar surface area (TPSA) is 38.4 Å². The maximum absolute atomic E-state index is 5.44. The van der Waals surface area contributed by atoms with Gasteiger partial charge in [-0.1, -0.05) is 13.3 Å². The fourth-order valence-electron chi connectivity index (χ4n) is 1.33. The second-order valence-electron chi connectivity index (χ2n) is 3.12. The highest BCUT2D eigenvalue weighted by molar-refractivity contribution is 5.77. The highest BCUT2D eigenvalue weighted by Crippen LogP contribution is 2.37. The largest absolute Gasteiger partial charge is 0.388 e. The van der Waals surface area contributed by atoms with Gasteiger partial charge in [-0.25, -0.2) is 0 Å². The summed E-state index contributed by atoms with van der Waals surface area (Å²) in [6, 6.07) is 0.574. The summed E-state index contributed by atoms with van der Waals surface area (Å²) in [6.07, 6.45) is 3.87. The Balaban J connectivity index is 2.19. The molecule has 0 radical (unpaired) electrons. The molecule has 2 atom stereocenters. The van der Waals surface area contributed by atoms with Crippen LogP contribution in [0.2, 0.25) is 0 Å². The van der Waals surface area contributed by atoms with Crippen LogP contribution in [-0.2, 0) is 0 Å². The Kier molecular flexibility index (Phi) is 2.30. The van der Waals surface area contributed by atoms with Gasteiger partial charge in [0.1, 0.15) is 0 Å². The molecule has 1 fully saturated rings. The Bertz CT molecular complexity index is 136. The molecule has 1 saturated carbocycles. The maximum Gasteiger partial charge on any atom is 0.0909 e. The second-order valence-corrected chi connectivity index (χ2v) is 3.12. The predicted molar refractivity (Wildman–Crippen MR) is 44.1 cm³/mol. The van der Waals surface area contributed by atoms with Crippen LogP contribution in [0, 0.1) is 5.92 Å². The number of amidine groups is 1. The number of hydrogen-bond acceptors (Lipinski definition) is 1. The SMILES string of the molecule is CCCC1CC1N=C(C)N. The fourth-order valence-corrected chi connectivity index (χ4v) is 1.33. The molecule has 1 rings (SSSR count). The van der Waals surface area contributed by atoms with E-state index in [2.05, 4.69) is 11.9 Å². The third-order valence-corrected chi connectivity index (χ3v) is 1.91. The van der Waals surface area contributed by atoms with Gasteiger partial charge in [-0.3, -0.25) is 4.99 Å². The Morgan fingerprint density at radius 1 is 1.70 bits per heavy atom. The molecular formula is C8H16N2. The summed E-state index contributed by atoms with van der Waals surface area (Å²) in [4.78, 5) is 4.28. The van der Waals surface area contributed by atoms with Gasteiger partial charge in [0.2, 0.25) is 0 Å². The van der Waals surface area contributed by atoms with E-state index in [0.717, 1.165) is 11.8 Å². The van der Waals surface area contributed by atoms with Crippen molar-refractivity contribution >= 4 is 5.84 Å². The summed E-state index contributed by atoms with van der Waals surface area (Å²) in [5, 5.41) is 0. The van der Waals surface area contributed by atoms with E-state index < -0.39 is 0 Å². The lowest BCUT2D eigenvalue weighted by atomic mass is 10.2. The monoisotopic (exact) mass is 140 g/mol. The van der Waals surface area contributed by atoms with Gasteiger partial charge in [0.15, 0.2) is 0 Å². The molecule has 10 heavy (non-hydrogen) atoms. The summed E-state index contributed by atoms with van der Waals surface area (Å²) in [7, 11) is 0. The zero-order chi connectivity index (χ0) is 7.56. The molecule has 0 heterocycles. The van der Waals surface area contributed by atoms with Gasteiger partial charge in [-0.05, 0) is 25.7 Å². The highest BCUT2D eigenvalue weighted by atomic mass is 14.9. The molecule has 58 valence electrons. The number of rotatable bonds is 3. The van der Waals surface area contributed by atoms with Crippen molar-refractivity contribution in [2.75, 3.05) is 0 Å². The van der Waals surface area contributed by atoms with Crippen molar-refractivity contribution in [2.24, 2.45) is 16.6 Å². The minimum Gasteiger partial charge on any atom is -0.388 e. The van der Waals surface area contributed by atoms with Crippen molar-refractivity contribution in [1.29, 1.82) is 0 Å². The van der Waals surface area contributed by atoms with Crippen molar-refractivity contribution in [3.63, 3.8) is 0 Å². The normalized spacial score (nSPS) is 32.4. The average molecular weight is 140 g/mol. The minimum absolute atomic E-state index is 0.574. The lowest BCUT2D eigenvalue weighted by Crippen LogP contribution is -2.06. The molecule has 2 N–H and O–H groups in total. The molecule has 0 aromatic rings. The van der Waals surface area contributed by atoms with Gasteiger partial charge >= 0.3 is 0 Å². The molecule has 0 aliphatic heterocycles. The summed E-state index contributed by atoms with van der Waals surface area (Å²) in [5.74, 6) is 1.59. The molecule has 1 aliphatic carbocycles. The first-order chi connectivity index (χ1) is 4.74. The van der Waals surface area contributed by atoms with Crippen molar-refractivity contribution in [3.8, 4) is 0 Å². The Labute approximate surface area is 62.5 Å². The molecule has 2 nitrogen and oxygen atoms in total. The molecule has 1 aliphatic rings. The molecular weight excluding hydrogens is 124 g/mol. The van der Waals surface area contributed by atoms with Gasteiger partial charge in [0.05, 0.1) is 11.9 Å². The molecule has 0 bridgehead atoms. The van der Waals surface area contributed by atoms with Crippen LogP contribution in [0.1, 0.15) is 33.1 Å². The molecule has 2 unspecified atom stereocenters. The van der Waals surface area contributed by atoms with Gasteiger partial charge in [-0.15, -0.1) is 0 Å². The summed E-state index contributed by atoms with van der Waals surface area (Å²) < 4.78 is 0. The number of nitrogens with two attached hydrogens (primary N) is 1. The van der Waals surface area contributed by atoms with Crippen molar-refractivity contribution < 1.29 is 0 Å². The van der Waals surface area contributed by atoms with Gasteiger partial charge in [0, 0.05) is 0 Å². The van der Waals surface area contributed by atoms with Crippen LogP contribution in [0.15, 0.2) is 4.99 Å². The van der Waals surface area contributed by atoms with Gasteiger partial charge < -0.3 is 5.73 Å². The molecule has 0 aromatic heterocycles. The van der Waals surface area contributed by atoms with Crippen LogP contribution >= 0.6 is 0 Å². The first-order valence-electron chi connectivity index (χ1n) is 4.04. The van der Waals surface area contributed by atoms with Crippen LogP contribution in [0.3, 0.4) is 0 Å². The molecule has 0 aromatic carbocycles. The Morgan fingerprint density at radius 2 is 2.40 bits per heavy atom. The van der Waals surface area contributed by atoms with E-state index in [1.807, 2.05) is 6.92 Å². The zero-order valence-corrected chi connectivity index (χ0v) is 6.80. The minimum atomic E-state index is 0.574. The van der Waals surface area contributed by atoms with E-state index in [1.165, 1.54) is 19.3 Å². The Morgan fingerprint density at radius 3 is 2.90 bits per heavy atom. The van der Waals surface area contributed by atoms with E-state index in [0.29, 0.717) is 6.04 Å².